The minimum absolute atomic E-state index is 0.208. The third-order valence-corrected chi connectivity index (χ3v) is 2.60. The Morgan fingerprint density at radius 2 is 2.00 bits per heavy atom. The van der Waals surface area contributed by atoms with Crippen molar-refractivity contribution >= 4 is 0 Å². The number of pyridine rings is 1. The van der Waals surface area contributed by atoms with Crippen molar-refractivity contribution in [2.75, 3.05) is 0 Å². The minimum Gasteiger partial charge on any atom is -0.325 e. The lowest BCUT2D eigenvalue weighted by atomic mass is 10.0. The molecule has 0 fully saturated rings. The van der Waals surface area contributed by atoms with Crippen molar-refractivity contribution in [1.82, 2.24) is 4.98 Å². The molecule has 0 aliphatic heterocycles. The zero-order chi connectivity index (χ0) is 12.3. The molecule has 1 N–H and O–H groups in total. The summed E-state index contributed by atoms with van der Waals surface area (Å²) in [5, 5.41) is 9.00. The summed E-state index contributed by atoms with van der Waals surface area (Å²) in [5.41, 5.74) is 2.55. The number of nitrogens with zero attached hydrogens (tertiary/aromatic N) is 1. The Kier molecular flexibility index (Phi) is 3.06. The van der Waals surface area contributed by atoms with Crippen LogP contribution < -0.4 is 5.56 Å². The molecule has 1 heterocycles. The molecule has 0 saturated heterocycles. The Morgan fingerprint density at radius 3 is 2.65 bits per heavy atom. The number of aryl methyl sites for hydroxylation is 1. The number of hydrogen-bond acceptors (Lipinski definition) is 2. The van der Waals surface area contributed by atoms with E-state index in [9.17, 15) is 4.79 Å². The first kappa shape index (κ1) is 11.2. The Labute approximate surface area is 99.4 Å². The van der Waals surface area contributed by atoms with Crippen molar-refractivity contribution in [3.63, 3.8) is 0 Å². The molecular formula is C14H12N2O. The summed E-state index contributed by atoms with van der Waals surface area (Å²) in [6.07, 6.45) is 0.606. The second-order valence-electron chi connectivity index (χ2n) is 3.96. The van der Waals surface area contributed by atoms with Gasteiger partial charge in [0.15, 0.2) is 0 Å². The average molecular weight is 224 g/mol. The third-order valence-electron chi connectivity index (χ3n) is 2.60. The van der Waals surface area contributed by atoms with Gasteiger partial charge in [-0.1, -0.05) is 30.3 Å². The van der Waals surface area contributed by atoms with E-state index in [1.54, 1.807) is 0 Å². The molecule has 0 bridgehead atoms. The van der Waals surface area contributed by atoms with E-state index in [1.807, 2.05) is 49.4 Å². The van der Waals surface area contributed by atoms with Crippen LogP contribution in [0.3, 0.4) is 0 Å². The van der Waals surface area contributed by atoms with Gasteiger partial charge in [0.05, 0.1) is 0 Å². The molecule has 0 spiro atoms. The Bertz CT molecular complexity index is 621. The molecule has 1 aromatic heterocycles. The van der Waals surface area contributed by atoms with Crippen molar-refractivity contribution < 1.29 is 0 Å². The molecule has 84 valence electrons. The van der Waals surface area contributed by atoms with Gasteiger partial charge in [0, 0.05) is 5.69 Å². The highest BCUT2D eigenvalue weighted by atomic mass is 16.1. The fraction of sp³-hybridized carbons (Fsp3) is 0.143. The molecule has 0 aliphatic carbocycles. The molecule has 1 aromatic carbocycles. The fourth-order valence-corrected chi connectivity index (χ4v) is 1.83. The van der Waals surface area contributed by atoms with Gasteiger partial charge in [-0.3, -0.25) is 4.79 Å². The van der Waals surface area contributed by atoms with Crippen LogP contribution in [-0.2, 0) is 6.42 Å². The van der Waals surface area contributed by atoms with E-state index >= 15 is 0 Å². The van der Waals surface area contributed by atoms with Gasteiger partial charge >= 0.3 is 0 Å². The number of H-pyrrole nitrogens is 1. The first-order chi connectivity index (χ1) is 8.20. The highest BCUT2D eigenvalue weighted by molar-refractivity contribution is 5.39. The van der Waals surface area contributed by atoms with Crippen LogP contribution in [0, 0.1) is 18.3 Å². The molecule has 0 aliphatic rings. The fourth-order valence-electron chi connectivity index (χ4n) is 1.83. The van der Waals surface area contributed by atoms with E-state index < -0.39 is 0 Å². The summed E-state index contributed by atoms with van der Waals surface area (Å²) in [7, 11) is 0. The minimum atomic E-state index is -0.307. The number of nitriles is 1. The van der Waals surface area contributed by atoms with E-state index in [1.165, 1.54) is 0 Å². The van der Waals surface area contributed by atoms with Gasteiger partial charge < -0.3 is 4.98 Å². The van der Waals surface area contributed by atoms with E-state index in [2.05, 4.69) is 4.98 Å². The van der Waals surface area contributed by atoms with Gasteiger partial charge in [-0.15, -0.1) is 0 Å². The molecule has 17 heavy (non-hydrogen) atoms. The van der Waals surface area contributed by atoms with E-state index in [0.29, 0.717) is 6.42 Å². The van der Waals surface area contributed by atoms with Crippen LogP contribution in [0.4, 0.5) is 0 Å². The number of aromatic amines is 1. The van der Waals surface area contributed by atoms with Crippen LogP contribution in [0.5, 0.6) is 0 Å². The maximum Gasteiger partial charge on any atom is 0.266 e. The molecule has 0 saturated carbocycles. The number of nitrogens with one attached hydrogen (secondary N) is 1. The van der Waals surface area contributed by atoms with Crippen molar-refractivity contribution in [3.8, 4) is 6.07 Å². The molecule has 0 atom stereocenters. The van der Waals surface area contributed by atoms with Crippen molar-refractivity contribution in [2.45, 2.75) is 13.3 Å². The van der Waals surface area contributed by atoms with Crippen LogP contribution in [-0.4, -0.2) is 4.98 Å². The number of benzene rings is 1. The Hall–Kier alpha value is -2.34. The number of aromatic nitrogens is 1. The number of hydrogen-bond donors (Lipinski definition) is 1. The average Bonchev–Trinajstić information content (AvgIpc) is 2.30. The van der Waals surface area contributed by atoms with Gasteiger partial charge in [0.25, 0.3) is 5.56 Å². The van der Waals surface area contributed by atoms with Crippen LogP contribution in [0.25, 0.3) is 0 Å². The third kappa shape index (κ3) is 2.43. The quantitative estimate of drug-likeness (QED) is 0.849. The van der Waals surface area contributed by atoms with Gasteiger partial charge in [-0.05, 0) is 30.5 Å². The molecule has 3 nitrogen and oxygen atoms in total. The summed E-state index contributed by atoms with van der Waals surface area (Å²) in [4.78, 5) is 14.2. The molecule has 0 amide bonds. The summed E-state index contributed by atoms with van der Waals surface area (Å²) < 4.78 is 0. The smallest absolute Gasteiger partial charge is 0.266 e. The van der Waals surface area contributed by atoms with Gasteiger partial charge in [-0.25, -0.2) is 0 Å². The van der Waals surface area contributed by atoms with Crippen LogP contribution in [0.2, 0.25) is 0 Å². The second-order valence-corrected chi connectivity index (χ2v) is 3.96. The van der Waals surface area contributed by atoms with Crippen LogP contribution in [0.15, 0.2) is 41.2 Å². The molecule has 0 unspecified atom stereocenters. The molecule has 0 radical (unpaired) electrons. The van der Waals surface area contributed by atoms with Gasteiger partial charge in [0.1, 0.15) is 11.6 Å². The highest BCUT2D eigenvalue weighted by Gasteiger charge is 2.08. The van der Waals surface area contributed by atoms with Crippen molar-refractivity contribution in [1.29, 1.82) is 5.26 Å². The van der Waals surface area contributed by atoms with Gasteiger partial charge in [0.2, 0.25) is 0 Å². The summed E-state index contributed by atoms with van der Waals surface area (Å²) in [6.45, 7) is 1.82. The maximum absolute atomic E-state index is 11.6. The highest BCUT2D eigenvalue weighted by Crippen LogP contribution is 2.11. The van der Waals surface area contributed by atoms with Crippen LogP contribution in [0.1, 0.15) is 22.4 Å². The molecule has 3 heteroatoms. The second kappa shape index (κ2) is 4.67. The van der Waals surface area contributed by atoms with Crippen LogP contribution >= 0.6 is 0 Å². The zero-order valence-corrected chi connectivity index (χ0v) is 9.53. The lowest BCUT2D eigenvalue weighted by Gasteiger charge is -2.05. The van der Waals surface area contributed by atoms with Crippen molar-refractivity contribution in [2.24, 2.45) is 0 Å². The predicted octanol–water partition coefficient (Wildman–Crippen LogP) is 2.15. The standard InChI is InChI=1S/C14H12N2O/c1-10-7-12(13(9-15)14(17)16-10)8-11-5-3-2-4-6-11/h2-7H,8H2,1H3,(H,16,17). The summed E-state index contributed by atoms with van der Waals surface area (Å²) in [5.74, 6) is 0. The Balaban J connectivity index is 2.46. The Morgan fingerprint density at radius 1 is 1.29 bits per heavy atom. The first-order valence-electron chi connectivity index (χ1n) is 5.37. The topological polar surface area (TPSA) is 56.6 Å². The SMILES string of the molecule is Cc1cc(Cc2ccccc2)c(C#N)c(=O)[nH]1. The lowest BCUT2D eigenvalue weighted by Crippen LogP contribution is -2.14. The van der Waals surface area contributed by atoms with E-state index in [4.69, 9.17) is 5.26 Å². The molecule has 2 rings (SSSR count). The zero-order valence-electron chi connectivity index (χ0n) is 9.53. The van der Waals surface area contributed by atoms with E-state index in [-0.39, 0.29) is 11.1 Å². The maximum atomic E-state index is 11.6. The van der Waals surface area contributed by atoms with Gasteiger partial charge in [-0.2, -0.15) is 5.26 Å². The normalized spacial score (nSPS) is 9.88. The molecule has 2 aromatic rings. The summed E-state index contributed by atoms with van der Waals surface area (Å²) in [6, 6.07) is 13.6. The van der Waals surface area contributed by atoms with E-state index in [0.717, 1.165) is 16.8 Å². The predicted molar refractivity (Wildman–Crippen MR) is 65.8 cm³/mol. The monoisotopic (exact) mass is 224 g/mol. The largest absolute Gasteiger partial charge is 0.325 e. The summed E-state index contributed by atoms with van der Waals surface area (Å²) >= 11 is 0. The first-order valence-corrected chi connectivity index (χ1v) is 5.37. The van der Waals surface area contributed by atoms with Crippen molar-refractivity contribution in [3.05, 3.63) is 69.1 Å². The number of rotatable bonds is 2. The molecular weight excluding hydrogens is 212 g/mol. The lowest BCUT2D eigenvalue weighted by molar-refractivity contribution is 1.06.